The van der Waals surface area contributed by atoms with Crippen molar-refractivity contribution in [2.45, 2.75) is 12.5 Å². The molecule has 1 atom stereocenters. The summed E-state index contributed by atoms with van der Waals surface area (Å²) in [6.45, 7) is 3.63. The highest BCUT2D eigenvalue weighted by molar-refractivity contribution is 5.97. The smallest absolute Gasteiger partial charge is 0.139 e. The Morgan fingerprint density at radius 1 is 1.53 bits per heavy atom. The van der Waals surface area contributed by atoms with Gasteiger partial charge in [0.05, 0.1) is 29.7 Å². The van der Waals surface area contributed by atoms with Crippen LogP contribution in [0, 0.1) is 0 Å². The van der Waals surface area contributed by atoms with Gasteiger partial charge in [0.25, 0.3) is 0 Å². The van der Waals surface area contributed by atoms with Crippen LogP contribution in [-0.2, 0) is 4.74 Å². The fourth-order valence-electron chi connectivity index (χ4n) is 2.32. The first kappa shape index (κ1) is 10.4. The summed E-state index contributed by atoms with van der Waals surface area (Å²) in [7, 11) is 1.72. The highest BCUT2D eigenvalue weighted by Gasteiger charge is 2.30. The van der Waals surface area contributed by atoms with Crippen LogP contribution in [-0.4, -0.2) is 35.8 Å². The van der Waals surface area contributed by atoms with E-state index in [4.69, 9.17) is 4.74 Å². The van der Waals surface area contributed by atoms with E-state index in [1.165, 1.54) is 0 Å². The second-order valence-corrected chi connectivity index (χ2v) is 4.76. The number of nitrogens with zero attached hydrogens (tertiary/aromatic N) is 1. The predicted molar refractivity (Wildman–Crippen MR) is 68.5 cm³/mol. The van der Waals surface area contributed by atoms with Crippen molar-refractivity contribution in [3.8, 4) is 0 Å². The first-order valence-corrected chi connectivity index (χ1v) is 5.69. The van der Waals surface area contributed by atoms with E-state index >= 15 is 0 Å². The van der Waals surface area contributed by atoms with Gasteiger partial charge in [0, 0.05) is 25.2 Å². The lowest BCUT2D eigenvalue weighted by atomic mass is 9.99. The molecule has 5 heteroatoms. The van der Waals surface area contributed by atoms with E-state index in [0.29, 0.717) is 6.61 Å². The third kappa shape index (κ3) is 1.63. The van der Waals surface area contributed by atoms with Gasteiger partial charge in [-0.05, 0) is 13.0 Å². The number of rotatable bonds is 2. The number of nitrogens with one attached hydrogen (secondary N) is 3. The largest absolute Gasteiger partial charge is 0.382 e. The van der Waals surface area contributed by atoms with Gasteiger partial charge in [0.2, 0.25) is 0 Å². The number of hydrogen-bond acceptors (Lipinski definition) is 4. The van der Waals surface area contributed by atoms with Gasteiger partial charge in [-0.2, -0.15) is 0 Å². The molecule has 3 heterocycles. The third-order valence-corrected chi connectivity index (χ3v) is 3.15. The van der Waals surface area contributed by atoms with Gasteiger partial charge in [-0.25, -0.2) is 4.98 Å². The molecule has 3 rings (SSSR count). The Balaban J connectivity index is 2.07. The lowest BCUT2D eigenvalue weighted by molar-refractivity contribution is 0.154. The van der Waals surface area contributed by atoms with Gasteiger partial charge in [0.1, 0.15) is 5.65 Å². The molecule has 3 N–H and O–H groups in total. The number of aromatic nitrogens is 2. The standard InChI is InChI=1S/C12H16N4O/c1-12(7-17-2)6-15-9-5-14-11-8(3-4-13-11)10(9)16-12/h3-5,15-16H,6-7H2,1-2H3,(H,13,14)/t12-/m0/s1. The van der Waals surface area contributed by atoms with E-state index < -0.39 is 0 Å². The van der Waals surface area contributed by atoms with Crippen molar-refractivity contribution >= 4 is 22.4 Å². The van der Waals surface area contributed by atoms with Crippen LogP contribution in [0.2, 0.25) is 0 Å². The molecular weight excluding hydrogens is 216 g/mol. The van der Waals surface area contributed by atoms with Crippen LogP contribution in [0.3, 0.4) is 0 Å². The van der Waals surface area contributed by atoms with Crippen molar-refractivity contribution in [2.24, 2.45) is 0 Å². The topological polar surface area (TPSA) is 62.0 Å². The molecule has 1 aliphatic rings. The SMILES string of the molecule is COC[C@]1(C)CNc2cnc3[nH]ccc3c2N1. The highest BCUT2D eigenvalue weighted by atomic mass is 16.5. The van der Waals surface area contributed by atoms with Gasteiger partial charge in [-0.15, -0.1) is 0 Å². The molecule has 0 aromatic carbocycles. The fraction of sp³-hybridized carbons (Fsp3) is 0.417. The molecule has 2 aromatic heterocycles. The summed E-state index contributed by atoms with van der Waals surface area (Å²) in [4.78, 5) is 7.48. The second kappa shape index (κ2) is 3.63. The lowest BCUT2D eigenvalue weighted by Gasteiger charge is -2.37. The number of hydrogen-bond donors (Lipinski definition) is 3. The zero-order valence-electron chi connectivity index (χ0n) is 10.0. The molecule has 2 aromatic rings. The Kier molecular flexibility index (Phi) is 2.22. The highest BCUT2D eigenvalue weighted by Crippen LogP contribution is 2.35. The Bertz CT molecular complexity index is 550. The predicted octanol–water partition coefficient (Wildman–Crippen LogP) is 1.81. The summed E-state index contributed by atoms with van der Waals surface area (Å²) in [5.41, 5.74) is 2.96. The van der Waals surface area contributed by atoms with Gasteiger partial charge in [-0.1, -0.05) is 0 Å². The van der Waals surface area contributed by atoms with E-state index in [1.54, 1.807) is 7.11 Å². The molecule has 0 saturated heterocycles. The molecule has 17 heavy (non-hydrogen) atoms. The van der Waals surface area contributed by atoms with Crippen LogP contribution >= 0.6 is 0 Å². The van der Waals surface area contributed by atoms with Gasteiger partial charge < -0.3 is 20.4 Å². The number of anilines is 2. The minimum absolute atomic E-state index is 0.0900. The van der Waals surface area contributed by atoms with Gasteiger partial charge in [0.15, 0.2) is 0 Å². The lowest BCUT2D eigenvalue weighted by Crippen LogP contribution is -2.48. The summed E-state index contributed by atoms with van der Waals surface area (Å²) in [6.07, 6.45) is 3.76. The summed E-state index contributed by atoms with van der Waals surface area (Å²) >= 11 is 0. The minimum Gasteiger partial charge on any atom is -0.382 e. The molecule has 0 unspecified atom stereocenters. The molecule has 0 bridgehead atoms. The van der Waals surface area contributed by atoms with Crippen LogP contribution in [0.25, 0.3) is 11.0 Å². The normalized spacial score (nSPS) is 22.9. The van der Waals surface area contributed by atoms with Crippen LogP contribution < -0.4 is 10.6 Å². The fourth-order valence-corrected chi connectivity index (χ4v) is 2.32. The molecule has 0 saturated carbocycles. The van der Waals surface area contributed by atoms with E-state index in [1.807, 2.05) is 18.5 Å². The molecule has 5 nitrogen and oxygen atoms in total. The van der Waals surface area contributed by atoms with Crippen molar-refractivity contribution in [1.82, 2.24) is 9.97 Å². The van der Waals surface area contributed by atoms with Gasteiger partial charge >= 0.3 is 0 Å². The number of aromatic amines is 1. The van der Waals surface area contributed by atoms with E-state index in [0.717, 1.165) is 29.0 Å². The molecular formula is C12H16N4O. The second-order valence-electron chi connectivity index (χ2n) is 4.76. The Hall–Kier alpha value is -1.75. The monoisotopic (exact) mass is 232 g/mol. The number of methoxy groups -OCH3 is 1. The quantitative estimate of drug-likeness (QED) is 0.739. The maximum Gasteiger partial charge on any atom is 0.139 e. The average molecular weight is 232 g/mol. The zero-order valence-corrected chi connectivity index (χ0v) is 10.0. The number of H-pyrrole nitrogens is 1. The molecule has 0 radical (unpaired) electrons. The Labute approximate surface area is 99.6 Å². The molecule has 0 spiro atoms. The summed E-state index contributed by atoms with van der Waals surface area (Å²) in [6, 6.07) is 2.04. The van der Waals surface area contributed by atoms with Crippen LogP contribution in [0.15, 0.2) is 18.5 Å². The maximum atomic E-state index is 5.27. The Morgan fingerprint density at radius 2 is 2.41 bits per heavy atom. The maximum absolute atomic E-state index is 5.27. The van der Waals surface area contributed by atoms with E-state index in [-0.39, 0.29) is 5.54 Å². The van der Waals surface area contributed by atoms with Gasteiger partial charge in [-0.3, -0.25) is 0 Å². The summed E-state index contributed by atoms with van der Waals surface area (Å²) < 4.78 is 5.27. The molecule has 0 amide bonds. The number of fused-ring (bicyclic) bond motifs is 3. The molecule has 1 aliphatic heterocycles. The van der Waals surface area contributed by atoms with Crippen LogP contribution in [0.4, 0.5) is 11.4 Å². The van der Waals surface area contributed by atoms with Crippen LogP contribution in [0.5, 0.6) is 0 Å². The first-order valence-electron chi connectivity index (χ1n) is 5.69. The molecule has 0 aliphatic carbocycles. The van der Waals surface area contributed by atoms with E-state index in [9.17, 15) is 0 Å². The average Bonchev–Trinajstić information content (AvgIpc) is 2.77. The summed E-state index contributed by atoms with van der Waals surface area (Å²) in [5.74, 6) is 0. The first-order chi connectivity index (χ1) is 8.22. The molecule has 90 valence electrons. The summed E-state index contributed by atoms with van der Waals surface area (Å²) in [5, 5.41) is 8.07. The number of ether oxygens (including phenoxy) is 1. The van der Waals surface area contributed by atoms with Crippen molar-refractivity contribution in [1.29, 1.82) is 0 Å². The van der Waals surface area contributed by atoms with Crippen molar-refractivity contribution in [3.05, 3.63) is 18.5 Å². The van der Waals surface area contributed by atoms with E-state index in [2.05, 4.69) is 27.5 Å². The minimum atomic E-state index is -0.0900. The van der Waals surface area contributed by atoms with Crippen molar-refractivity contribution < 1.29 is 4.74 Å². The Morgan fingerprint density at radius 3 is 3.24 bits per heavy atom. The zero-order chi connectivity index (χ0) is 11.9. The van der Waals surface area contributed by atoms with Crippen molar-refractivity contribution in [3.63, 3.8) is 0 Å². The number of pyridine rings is 1. The van der Waals surface area contributed by atoms with Crippen LogP contribution in [0.1, 0.15) is 6.92 Å². The van der Waals surface area contributed by atoms with Crippen molar-refractivity contribution in [2.75, 3.05) is 30.9 Å². The molecule has 0 fully saturated rings. The third-order valence-electron chi connectivity index (χ3n) is 3.15.